The summed E-state index contributed by atoms with van der Waals surface area (Å²) in [4.78, 5) is 0. The molecule has 0 amide bonds. The van der Waals surface area contributed by atoms with Crippen LogP contribution in [0, 0.1) is 0 Å². The average molecular weight is 190 g/mol. The lowest BCUT2D eigenvalue weighted by Crippen LogP contribution is -2.18. The zero-order valence-electron chi connectivity index (χ0n) is 5.44. The Morgan fingerprint density at radius 3 is 3.11 bits per heavy atom. The third-order valence-electron chi connectivity index (χ3n) is 1.66. The fraction of sp³-hybridized carbons (Fsp3) is 0.714. The van der Waals surface area contributed by atoms with E-state index < -0.39 is 0 Å². The Hall–Kier alpha value is 0.180. The van der Waals surface area contributed by atoms with Gasteiger partial charge < -0.3 is 5.73 Å². The zero-order valence-corrected chi connectivity index (χ0v) is 7.02. The Bertz CT molecular complexity index is 120. The van der Waals surface area contributed by atoms with Gasteiger partial charge in [0.1, 0.15) is 0 Å². The van der Waals surface area contributed by atoms with Gasteiger partial charge in [-0.1, -0.05) is 28.4 Å². The predicted octanol–water partition coefficient (Wildman–Crippen LogP) is 2.17. The second-order valence-corrected chi connectivity index (χ2v) is 3.40. The van der Waals surface area contributed by atoms with Gasteiger partial charge in [0.05, 0.1) is 0 Å². The van der Waals surface area contributed by atoms with Crippen LogP contribution in [-0.4, -0.2) is 6.04 Å². The van der Waals surface area contributed by atoms with Crippen molar-refractivity contribution in [1.82, 2.24) is 0 Å². The minimum absolute atomic E-state index is 0.271. The molecule has 1 aliphatic rings. The molecule has 2 heteroatoms. The third kappa shape index (κ3) is 2.11. The van der Waals surface area contributed by atoms with Crippen molar-refractivity contribution in [3.05, 3.63) is 10.6 Å². The molecule has 1 aliphatic carbocycles. The summed E-state index contributed by atoms with van der Waals surface area (Å²) in [5, 5.41) is 0. The average Bonchev–Trinajstić information content (AvgIpc) is 1.99. The van der Waals surface area contributed by atoms with Gasteiger partial charge in [-0.2, -0.15) is 0 Å². The van der Waals surface area contributed by atoms with Gasteiger partial charge in [0, 0.05) is 10.5 Å². The van der Waals surface area contributed by atoms with Crippen LogP contribution in [0.5, 0.6) is 0 Å². The Balaban J connectivity index is 2.51. The first-order valence-corrected chi connectivity index (χ1v) is 4.21. The molecule has 1 rings (SSSR count). The van der Waals surface area contributed by atoms with Crippen LogP contribution in [0.3, 0.4) is 0 Å². The highest BCUT2D eigenvalue weighted by molar-refractivity contribution is 9.11. The first-order valence-electron chi connectivity index (χ1n) is 3.42. The van der Waals surface area contributed by atoms with Crippen LogP contribution in [0.15, 0.2) is 10.6 Å². The Morgan fingerprint density at radius 1 is 1.56 bits per heavy atom. The quantitative estimate of drug-likeness (QED) is 0.622. The van der Waals surface area contributed by atoms with Crippen molar-refractivity contribution in [1.29, 1.82) is 0 Å². The number of halogens is 1. The first kappa shape index (κ1) is 7.29. The van der Waals surface area contributed by atoms with E-state index in [2.05, 4.69) is 22.0 Å². The van der Waals surface area contributed by atoms with Gasteiger partial charge in [-0.05, 0) is 19.3 Å². The van der Waals surface area contributed by atoms with Crippen molar-refractivity contribution in [2.75, 3.05) is 0 Å². The Labute approximate surface area is 64.4 Å². The van der Waals surface area contributed by atoms with Crippen molar-refractivity contribution in [2.24, 2.45) is 5.73 Å². The van der Waals surface area contributed by atoms with E-state index in [4.69, 9.17) is 5.73 Å². The van der Waals surface area contributed by atoms with Crippen LogP contribution < -0.4 is 5.73 Å². The van der Waals surface area contributed by atoms with Crippen molar-refractivity contribution in [2.45, 2.75) is 31.7 Å². The van der Waals surface area contributed by atoms with E-state index in [0.29, 0.717) is 0 Å². The molecule has 1 atom stereocenters. The van der Waals surface area contributed by atoms with Gasteiger partial charge in [-0.25, -0.2) is 0 Å². The van der Waals surface area contributed by atoms with Crippen molar-refractivity contribution in [3.63, 3.8) is 0 Å². The van der Waals surface area contributed by atoms with Gasteiger partial charge >= 0.3 is 0 Å². The molecule has 0 aromatic rings. The molecule has 0 spiro atoms. The SMILES string of the molecule is NC1CCCCC=C1Br. The molecule has 9 heavy (non-hydrogen) atoms. The van der Waals surface area contributed by atoms with E-state index >= 15 is 0 Å². The molecule has 2 N–H and O–H groups in total. The normalized spacial score (nSPS) is 29.1. The highest BCUT2D eigenvalue weighted by atomic mass is 79.9. The summed E-state index contributed by atoms with van der Waals surface area (Å²) in [6.07, 6.45) is 7.08. The smallest absolute Gasteiger partial charge is 0.0358 e. The molecule has 0 fully saturated rings. The van der Waals surface area contributed by atoms with Crippen LogP contribution in [-0.2, 0) is 0 Å². The van der Waals surface area contributed by atoms with Gasteiger partial charge in [0.25, 0.3) is 0 Å². The Kier molecular flexibility index (Phi) is 2.73. The van der Waals surface area contributed by atoms with Crippen LogP contribution in [0.25, 0.3) is 0 Å². The van der Waals surface area contributed by atoms with E-state index in [0.717, 1.165) is 6.42 Å². The minimum Gasteiger partial charge on any atom is -0.324 e. The molecule has 1 unspecified atom stereocenters. The lowest BCUT2D eigenvalue weighted by Gasteiger charge is -2.05. The molecule has 0 bridgehead atoms. The van der Waals surface area contributed by atoms with Crippen molar-refractivity contribution >= 4 is 15.9 Å². The van der Waals surface area contributed by atoms with E-state index in [1.54, 1.807) is 0 Å². The summed E-state index contributed by atoms with van der Waals surface area (Å²) in [5.41, 5.74) is 5.76. The standard InChI is InChI=1S/C7H12BrN/c8-6-4-2-1-3-5-7(6)9/h4,7H,1-3,5,9H2. The molecule has 0 saturated carbocycles. The number of allylic oxidation sites excluding steroid dienone is 1. The summed E-state index contributed by atoms with van der Waals surface area (Å²) >= 11 is 3.44. The fourth-order valence-corrected chi connectivity index (χ4v) is 1.50. The highest BCUT2D eigenvalue weighted by Gasteiger charge is 2.07. The maximum absolute atomic E-state index is 5.76. The molecule has 52 valence electrons. The number of nitrogens with two attached hydrogens (primary N) is 1. The monoisotopic (exact) mass is 189 g/mol. The molecule has 0 radical (unpaired) electrons. The maximum Gasteiger partial charge on any atom is 0.0358 e. The molecule has 0 heterocycles. The lowest BCUT2D eigenvalue weighted by atomic mass is 10.2. The molecule has 1 nitrogen and oxygen atoms in total. The molecular weight excluding hydrogens is 178 g/mol. The zero-order chi connectivity index (χ0) is 6.69. The number of hydrogen-bond acceptors (Lipinski definition) is 1. The summed E-state index contributed by atoms with van der Waals surface area (Å²) in [6, 6.07) is 0.271. The molecule has 0 aromatic heterocycles. The molecular formula is C7H12BrN. The maximum atomic E-state index is 5.76. The lowest BCUT2D eigenvalue weighted by molar-refractivity contribution is 0.654. The third-order valence-corrected chi connectivity index (χ3v) is 2.57. The van der Waals surface area contributed by atoms with Gasteiger partial charge in [-0.3, -0.25) is 0 Å². The van der Waals surface area contributed by atoms with Crippen LogP contribution in [0.1, 0.15) is 25.7 Å². The topological polar surface area (TPSA) is 26.0 Å². The summed E-state index contributed by atoms with van der Waals surface area (Å²) in [6.45, 7) is 0. The highest BCUT2D eigenvalue weighted by Crippen LogP contribution is 2.20. The minimum atomic E-state index is 0.271. The van der Waals surface area contributed by atoms with Crippen LogP contribution in [0.2, 0.25) is 0 Å². The summed E-state index contributed by atoms with van der Waals surface area (Å²) in [5.74, 6) is 0. The molecule has 0 saturated heterocycles. The second-order valence-electron chi connectivity index (χ2n) is 2.48. The van der Waals surface area contributed by atoms with Gasteiger partial charge in [-0.15, -0.1) is 0 Å². The van der Waals surface area contributed by atoms with E-state index in [1.807, 2.05) is 0 Å². The van der Waals surface area contributed by atoms with Crippen LogP contribution in [0.4, 0.5) is 0 Å². The van der Waals surface area contributed by atoms with Gasteiger partial charge in [0.2, 0.25) is 0 Å². The molecule has 0 aromatic carbocycles. The van der Waals surface area contributed by atoms with Crippen LogP contribution >= 0.6 is 15.9 Å². The van der Waals surface area contributed by atoms with Crippen molar-refractivity contribution in [3.8, 4) is 0 Å². The number of hydrogen-bond donors (Lipinski definition) is 1. The van der Waals surface area contributed by atoms with E-state index in [9.17, 15) is 0 Å². The van der Waals surface area contributed by atoms with Crippen molar-refractivity contribution < 1.29 is 0 Å². The van der Waals surface area contributed by atoms with E-state index in [1.165, 1.54) is 23.7 Å². The Morgan fingerprint density at radius 2 is 2.33 bits per heavy atom. The second kappa shape index (κ2) is 3.37. The molecule has 0 aliphatic heterocycles. The number of rotatable bonds is 0. The largest absolute Gasteiger partial charge is 0.324 e. The first-order chi connectivity index (χ1) is 4.30. The summed E-state index contributed by atoms with van der Waals surface area (Å²) < 4.78 is 1.19. The van der Waals surface area contributed by atoms with E-state index in [-0.39, 0.29) is 6.04 Å². The fourth-order valence-electron chi connectivity index (χ4n) is 1.04. The predicted molar refractivity (Wildman–Crippen MR) is 43.5 cm³/mol. The summed E-state index contributed by atoms with van der Waals surface area (Å²) in [7, 11) is 0. The van der Waals surface area contributed by atoms with Gasteiger partial charge in [0.15, 0.2) is 0 Å².